The summed E-state index contributed by atoms with van der Waals surface area (Å²) in [6, 6.07) is 14.5. The average Bonchev–Trinajstić information content (AvgIpc) is 3.42. The Hall–Kier alpha value is -3.29. The van der Waals surface area contributed by atoms with Crippen molar-refractivity contribution < 1.29 is 24.2 Å². The van der Waals surface area contributed by atoms with Gasteiger partial charge in [0.2, 0.25) is 0 Å². The van der Waals surface area contributed by atoms with E-state index in [2.05, 4.69) is 0 Å². The maximum atomic E-state index is 13.2. The minimum atomic E-state index is -0.785. The van der Waals surface area contributed by atoms with E-state index in [4.69, 9.17) is 21.1 Å². The van der Waals surface area contributed by atoms with Gasteiger partial charge in [0.05, 0.1) is 24.4 Å². The van der Waals surface area contributed by atoms with Crippen LogP contribution in [0.1, 0.15) is 30.3 Å². The zero-order valence-corrected chi connectivity index (χ0v) is 19.7. The van der Waals surface area contributed by atoms with Gasteiger partial charge in [-0.1, -0.05) is 17.7 Å². The number of carbonyl (C=O) groups excluding carboxylic acids is 2. The lowest BCUT2D eigenvalue weighted by molar-refractivity contribution is -0.132. The second-order valence-electron chi connectivity index (χ2n) is 7.18. The van der Waals surface area contributed by atoms with Crippen LogP contribution in [0.4, 0.5) is 5.69 Å². The highest BCUT2D eigenvalue weighted by atomic mass is 35.5. The van der Waals surface area contributed by atoms with Crippen LogP contribution in [0.5, 0.6) is 11.5 Å². The molecule has 1 fully saturated rings. The van der Waals surface area contributed by atoms with Crippen LogP contribution >= 0.6 is 22.9 Å². The molecule has 0 spiro atoms. The van der Waals surface area contributed by atoms with Crippen molar-refractivity contribution in [1.82, 2.24) is 0 Å². The molecule has 1 N–H and O–H groups in total. The Morgan fingerprint density at radius 3 is 2.42 bits per heavy atom. The number of thiophene rings is 1. The summed E-state index contributed by atoms with van der Waals surface area (Å²) in [5.74, 6) is -0.842. The van der Waals surface area contributed by atoms with Gasteiger partial charge >= 0.3 is 0 Å². The first-order chi connectivity index (χ1) is 16.0. The predicted molar refractivity (Wildman–Crippen MR) is 129 cm³/mol. The lowest BCUT2D eigenvalue weighted by Gasteiger charge is -2.24. The van der Waals surface area contributed by atoms with Gasteiger partial charge in [0.15, 0.2) is 0 Å². The Labute approximate surface area is 200 Å². The molecule has 8 heteroatoms. The number of rotatable bonds is 7. The van der Waals surface area contributed by atoms with Crippen molar-refractivity contribution in [2.24, 2.45) is 0 Å². The van der Waals surface area contributed by atoms with Crippen molar-refractivity contribution in [2.75, 3.05) is 18.1 Å². The zero-order chi connectivity index (χ0) is 23.5. The Morgan fingerprint density at radius 2 is 1.79 bits per heavy atom. The number of nitrogens with zero attached hydrogens (tertiary/aromatic N) is 1. The fourth-order valence-corrected chi connectivity index (χ4v) is 4.74. The molecule has 2 aromatic carbocycles. The molecular formula is C25H22ClNO5S. The van der Waals surface area contributed by atoms with Gasteiger partial charge in [-0.25, -0.2) is 0 Å². The fraction of sp³-hybridized carbons (Fsp3) is 0.200. The van der Waals surface area contributed by atoms with Crippen LogP contribution in [0, 0.1) is 0 Å². The molecule has 4 rings (SSSR count). The van der Waals surface area contributed by atoms with Crippen molar-refractivity contribution in [3.63, 3.8) is 0 Å². The third-order valence-corrected chi connectivity index (χ3v) is 6.36. The minimum Gasteiger partial charge on any atom is -0.507 e. The van der Waals surface area contributed by atoms with Crippen LogP contribution < -0.4 is 14.4 Å². The smallest absolute Gasteiger partial charge is 0.300 e. The maximum Gasteiger partial charge on any atom is 0.300 e. The van der Waals surface area contributed by atoms with Gasteiger partial charge in [-0.15, -0.1) is 11.3 Å². The SMILES string of the molecule is CCOc1ccc(/C(O)=C2/C(=O)C(=O)N(c3ccc(Cl)cc3)C2c2cccs2)c(OCC)c1. The lowest BCUT2D eigenvalue weighted by atomic mass is 9.99. The molecule has 33 heavy (non-hydrogen) atoms. The number of hydrogen-bond donors (Lipinski definition) is 1. The van der Waals surface area contributed by atoms with E-state index in [1.165, 1.54) is 16.2 Å². The number of halogens is 1. The predicted octanol–water partition coefficient (Wildman–Crippen LogP) is 5.83. The second-order valence-corrected chi connectivity index (χ2v) is 8.60. The highest BCUT2D eigenvalue weighted by Gasteiger charge is 2.47. The molecule has 2 heterocycles. The number of ether oxygens (including phenoxy) is 2. The summed E-state index contributed by atoms with van der Waals surface area (Å²) in [6.45, 7) is 4.51. The van der Waals surface area contributed by atoms with Gasteiger partial charge in [0.25, 0.3) is 11.7 Å². The normalized spacial score (nSPS) is 17.4. The first-order valence-corrected chi connectivity index (χ1v) is 11.7. The largest absolute Gasteiger partial charge is 0.507 e. The molecule has 1 unspecified atom stereocenters. The molecule has 170 valence electrons. The third-order valence-electron chi connectivity index (χ3n) is 5.18. The van der Waals surface area contributed by atoms with Gasteiger partial charge < -0.3 is 14.6 Å². The number of aliphatic hydroxyl groups is 1. The van der Waals surface area contributed by atoms with E-state index >= 15 is 0 Å². The second kappa shape index (κ2) is 9.68. The average molecular weight is 484 g/mol. The summed E-state index contributed by atoms with van der Waals surface area (Å²) in [6.07, 6.45) is 0. The van der Waals surface area contributed by atoms with E-state index in [0.717, 1.165) is 4.88 Å². The summed E-state index contributed by atoms with van der Waals surface area (Å²) >= 11 is 7.42. The van der Waals surface area contributed by atoms with Crippen LogP contribution in [0.15, 0.2) is 65.6 Å². The van der Waals surface area contributed by atoms with E-state index in [1.807, 2.05) is 31.4 Å². The number of benzene rings is 2. The van der Waals surface area contributed by atoms with Gasteiger partial charge in [-0.2, -0.15) is 0 Å². The Morgan fingerprint density at radius 1 is 1.06 bits per heavy atom. The number of aliphatic hydroxyl groups excluding tert-OH is 1. The molecule has 1 aromatic heterocycles. The molecule has 1 aliphatic heterocycles. The zero-order valence-electron chi connectivity index (χ0n) is 18.1. The summed E-state index contributed by atoms with van der Waals surface area (Å²) in [5.41, 5.74) is 0.828. The quantitative estimate of drug-likeness (QED) is 0.260. The van der Waals surface area contributed by atoms with E-state index in [9.17, 15) is 14.7 Å². The number of Topliss-reactive ketones (excluding diaryl/α,β-unsaturated/α-hetero) is 1. The van der Waals surface area contributed by atoms with E-state index in [0.29, 0.717) is 41.0 Å². The molecular weight excluding hydrogens is 462 g/mol. The highest BCUT2D eigenvalue weighted by molar-refractivity contribution is 7.10. The summed E-state index contributed by atoms with van der Waals surface area (Å²) in [5, 5.41) is 13.7. The Balaban J connectivity index is 1.90. The van der Waals surface area contributed by atoms with Crippen LogP contribution in [0.25, 0.3) is 5.76 Å². The Kier molecular flexibility index (Phi) is 6.72. The number of anilines is 1. The molecule has 1 atom stereocenters. The van der Waals surface area contributed by atoms with E-state index < -0.39 is 17.7 Å². The molecule has 1 aliphatic rings. The van der Waals surface area contributed by atoms with Gasteiger partial charge in [-0.05, 0) is 61.7 Å². The molecule has 6 nitrogen and oxygen atoms in total. The van der Waals surface area contributed by atoms with Crippen LogP contribution in [-0.2, 0) is 9.59 Å². The number of hydrogen-bond acceptors (Lipinski definition) is 6. The van der Waals surface area contributed by atoms with Crippen molar-refractivity contribution in [3.05, 3.63) is 81.0 Å². The first-order valence-electron chi connectivity index (χ1n) is 10.5. The van der Waals surface area contributed by atoms with Crippen molar-refractivity contribution in [1.29, 1.82) is 0 Å². The number of amides is 1. The first kappa shape index (κ1) is 22.9. The molecule has 0 bridgehead atoms. The lowest BCUT2D eigenvalue weighted by Crippen LogP contribution is -2.29. The molecule has 3 aromatic rings. The molecule has 1 saturated heterocycles. The minimum absolute atomic E-state index is 0.00233. The van der Waals surface area contributed by atoms with Crippen molar-refractivity contribution in [3.8, 4) is 11.5 Å². The monoisotopic (exact) mass is 483 g/mol. The standard InChI is InChI=1S/C25H22ClNO5S/c1-3-31-17-11-12-18(19(14-17)32-4-2)23(28)21-22(20-6-5-13-33-20)27(25(30)24(21)29)16-9-7-15(26)8-10-16/h5-14,22,28H,3-4H2,1-2H3/b23-21-. The van der Waals surface area contributed by atoms with Crippen LogP contribution in [0.2, 0.25) is 5.02 Å². The molecule has 1 amide bonds. The van der Waals surface area contributed by atoms with Gasteiger partial charge in [0, 0.05) is 21.7 Å². The maximum absolute atomic E-state index is 13.2. The number of carbonyl (C=O) groups is 2. The fourth-order valence-electron chi connectivity index (χ4n) is 3.79. The molecule has 0 saturated carbocycles. The Bertz CT molecular complexity index is 1200. The third kappa shape index (κ3) is 4.34. The van der Waals surface area contributed by atoms with Crippen LogP contribution in [-0.4, -0.2) is 30.0 Å². The summed E-state index contributed by atoms with van der Waals surface area (Å²) < 4.78 is 11.3. The van der Waals surface area contributed by atoms with E-state index in [1.54, 1.807) is 42.5 Å². The van der Waals surface area contributed by atoms with Crippen molar-refractivity contribution >= 4 is 46.1 Å². The van der Waals surface area contributed by atoms with E-state index in [-0.39, 0.29) is 11.3 Å². The topological polar surface area (TPSA) is 76.1 Å². The highest BCUT2D eigenvalue weighted by Crippen LogP contribution is 2.45. The summed E-state index contributed by atoms with van der Waals surface area (Å²) in [7, 11) is 0. The molecule has 0 aliphatic carbocycles. The summed E-state index contributed by atoms with van der Waals surface area (Å²) in [4.78, 5) is 28.5. The molecule has 0 radical (unpaired) electrons. The van der Waals surface area contributed by atoms with Crippen molar-refractivity contribution in [2.45, 2.75) is 19.9 Å². The number of ketones is 1. The van der Waals surface area contributed by atoms with Gasteiger partial charge in [-0.3, -0.25) is 14.5 Å². The van der Waals surface area contributed by atoms with Crippen LogP contribution in [0.3, 0.4) is 0 Å². The van der Waals surface area contributed by atoms with Gasteiger partial charge in [0.1, 0.15) is 23.3 Å².